The minimum Gasteiger partial charge on any atom is -0.481 e. The van der Waals surface area contributed by atoms with Crippen molar-refractivity contribution in [1.29, 1.82) is 0 Å². The summed E-state index contributed by atoms with van der Waals surface area (Å²) in [5, 5.41) is 35.8. The number of hydrogen-bond donors (Lipinski definition) is 3. The molecule has 1 aromatic heterocycles. The Bertz CT molecular complexity index is 4010. The number of nitro groups is 2. The molecular weight excluding hydrogens is 1150 g/mol. The van der Waals surface area contributed by atoms with Gasteiger partial charge in [0.05, 0.1) is 32.0 Å². The van der Waals surface area contributed by atoms with Crippen LogP contribution in [0.25, 0.3) is 6.08 Å². The molecule has 7 aliphatic carbocycles. The molecule has 0 aliphatic heterocycles. The van der Waals surface area contributed by atoms with E-state index in [4.69, 9.17) is 25.6 Å². The van der Waals surface area contributed by atoms with Crippen molar-refractivity contribution in [2.45, 2.75) is 160 Å². The van der Waals surface area contributed by atoms with Crippen molar-refractivity contribution < 1.29 is 33.3 Å². The van der Waals surface area contributed by atoms with E-state index >= 15 is 0 Å². The van der Waals surface area contributed by atoms with Crippen LogP contribution in [0, 0.1) is 36.5 Å². The van der Waals surface area contributed by atoms with Crippen molar-refractivity contribution in [3.8, 4) is 0 Å². The molecule has 4 N–H and O–H groups in total. The number of carbonyl (C=O) groups excluding carboxylic acids is 1. The van der Waals surface area contributed by atoms with Gasteiger partial charge in [0, 0.05) is 67.8 Å². The van der Waals surface area contributed by atoms with Gasteiger partial charge in [-0.2, -0.15) is 5.10 Å². The van der Waals surface area contributed by atoms with Crippen molar-refractivity contribution in [2.24, 2.45) is 39.0 Å². The molecule has 1 heterocycles. The number of rotatable bonds is 11. The highest BCUT2D eigenvalue weighted by atomic mass is 19.3. The summed E-state index contributed by atoms with van der Waals surface area (Å²) in [4.78, 5) is 52.5. The highest BCUT2D eigenvalue weighted by molar-refractivity contribution is 5.96. The molecule has 6 bridgehead atoms. The van der Waals surface area contributed by atoms with Gasteiger partial charge in [0.2, 0.25) is 0 Å². The summed E-state index contributed by atoms with van der Waals surface area (Å²) < 4.78 is 27.7. The fourth-order valence-electron chi connectivity index (χ4n) is 16.1. The van der Waals surface area contributed by atoms with Gasteiger partial charge in [-0.3, -0.25) is 44.5 Å². The van der Waals surface area contributed by atoms with Gasteiger partial charge >= 0.3 is 0 Å². The first-order valence-corrected chi connectivity index (χ1v) is 31.3. The van der Waals surface area contributed by atoms with E-state index in [1.54, 1.807) is 31.3 Å². The lowest BCUT2D eigenvalue weighted by molar-refractivity contribution is -0.385. The van der Waals surface area contributed by atoms with E-state index < -0.39 is 29.5 Å². The molecule has 7 aromatic rings. The normalized spacial score (nSPS) is 24.2. The number of non-ortho nitro benzene ring substituents is 2. The van der Waals surface area contributed by atoms with E-state index in [0.717, 1.165) is 62.1 Å². The van der Waals surface area contributed by atoms with Crippen LogP contribution in [0.3, 0.4) is 0 Å². The fourth-order valence-corrected chi connectivity index (χ4v) is 16.1. The van der Waals surface area contributed by atoms with Crippen LogP contribution in [-0.4, -0.2) is 49.0 Å². The molecule has 4 saturated carbocycles. The Morgan fingerprint density at radius 3 is 1.60 bits per heavy atom. The third kappa shape index (κ3) is 11.7. The quantitative estimate of drug-likeness (QED) is 0.0636. The lowest BCUT2D eigenvalue weighted by atomic mass is 9.74. The Labute approximate surface area is 531 Å². The van der Waals surface area contributed by atoms with Crippen LogP contribution < -0.4 is 11.1 Å². The molecule has 0 radical (unpaired) electrons. The monoisotopic (exact) mass is 1230 g/mol. The largest absolute Gasteiger partial charge is 0.481 e. The molecule has 15 nitrogen and oxygen atoms in total. The number of hydrogen-bond acceptors (Lipinski definition) is 10. The SMILES string of the molecule is CC(=O)O.CC(C)=Cc1ccccc1C1(N=Cc2ccc([N+](=O)[O-])cc2)CC1.CC1(C)C2CCC1(N)c1ccccc12.CC1(C)C2CCC1(N=Cc1ccc([N+](=O)[O-])cc1)c1ccccc12.Cn1cc(C(=O)N[C@]23CCC(c4ccccc42)C3(C)C)c(C(F)F)n1. The van der Waals surface area contributed by atoms with Crippen molar-refractivity contribution in [1.82, 2.24) is 15.1 Å². The fraction of sp³-hybridized carbons (Fsp3) is 0.392. The van der Waals surface area contributed by atoms with Crippen LogP contribution in [0.1, 0.15) is 210 Å². The number of aliphatic imine (C=N–C) groups is 2. The van der Waals surface area contributed by atoms with Crippen LogP contribution >= 0.6 is 0 Å². The van der Waals surface area contributed by atoms with E-state index in [9.17, 15) is 33.8 Å². The maximum Gasteiger partial charge on any atom is 0.300 e. The van der Waals surface area contributed by atoms with Gasteiger partial charge in [-0.1, -0.05) is 150 Å². The highest BCUT2D eigenvalue weighted by Crippen LogP contribution is 2.69. The summed E-state index contributed by atoms with van der Waals surface area (Å²) in [6.45, 7) is 18.9. The number of benzene rings is 6. The van der Waals surface area contributed by atoms with Crippen molar-refractivity contribution >= 4 is 41.8 Å². The van der Waals surface area contributed by atoms with Crippen LogP contribution in [0.5, 0.6) is 0 Å². The van der Waals surface area contributed by atoms with E-state index in [0.29, 0.717) is 17.8 Å². The standard InChI is InChI=1S/2C20H20N2O2.C19H21F2N3O.C13H17N.C2H4O2/c1-19(2)17-11-12-20(19,18-6-4-3-5-16(17)18)21-13-14-7-9-15(10-8-14)22(23)24;1-15(2)13-17-5-3-4-6-19(17)20(11-12-20)21-14-16-7-9-18(10-8-16)22(23)24;1-18(2)13-8-9-19(18,14-7-5-4-6-11(13)14)22-17(25)12-10-24(3)23-15(12)16(20)21;1-12(2)10-7-8-13(12,14)11-6-4-3-5-9(10)11;1-2(3)4/h3-10,13,17H,11-12H2,1-2H3;3-10,13-14H,11-12H2,1-2H3;4-7,10,13,16H,8-9H2,1-3H3,(H,22,25);3-6,10H,7-8,14H2,1-2H3;1H3,(H,3,4)/t;;13?,19-;;/m..1../s1. The number of nitrogens with one attached hydrogen (secondary N) is 1. The molecule has 4 fully saturated rings. The molecule has 91 heavy (non-hydrogen) atoms. The maximum absolute atomic E-state index is 13.2. The summed E-state index contributed by atoms with van der Waals surface area (Å²) >= 11 is 0. The van der Waals surface area contributed by atoms with Crippen LogP contribution in [-0.2, 0) is 34.0 Å². The van der Waals surface area contributed by atoms with E-state index in [1.807, 2.05) is 36.7 Å². The number of carboxylic acids is 1. The summed E-state index contributed by atoms with van der Waals surface area (Å²) in [5.41, 5.74) is 19.1. The zero-order valence-corrected chi connectivity index (χ0v) is 53.5. The smallest absolute Gasteiger partial charge is 0.300 e. The number of alkyl halides is 2. The van der Waals surface area contributed by atoms with Gasteiger partial charge in [-0.25, -0.2) is 8.78 Å². The molecule has 1 amide bonds. The highest BCUT2D eigenvalue weighted by Gasteiger charge is 2.64. The number of carbonyl (C=O) groups is 2. The third-order valence-corrected chi connectivity index (χ3v) is 21.1. The summed E-state index contributed by atoms with van der Waals surface area (Å²) in [6, 6.07) is 47.0. The summed E-state index contributed by atoms with van der Waals surface area (Å²) in [5.74, 6) is 0.299. The zero-order valence-electron chi connectivity index (χ0n) is 53.5. The van der Waals surface area contributed by atoms with Crippen LogP contribution in [0.4, 0.5) is 20.2 Å². The van der Waals surface area contributed by atoms with Gasteiger partial charge in [0.25, 0.3) is 29.7 Å². The minimum atomic E-state index is -2.78. The van der Waals surface area contributed by atoms with Gasteiger partial charge in [-0.05, 0) is 174 Å². The van der Waals surface area contributed by atoms with E-state index in [2.05, 4.69) is 145 Å². The number of aryl methyl sites for hydroxylation is 1. The lowest BCUT2D eigenvalue weighted by Gasteiger charge is -2.39. The summed E-state index contributed by atoms with van der Waals surface area (Å²) in [6.07, 6.45) is 13.0. The maximum atomic E-state index is 13.2. The molecule has 6 atom stereocenters. The average Bonchev–Trinajstić information content (AvgIpc) is 1.55. The topological polar surface area (TPSA) is 221 Å². The first-order chi connectivity index (χ1) is 43.0. The number of nitro benzene ring substituents is 2. The molecule has 474 valence electrons. The van der Waals surface area contributed by atoms with Gasteiger partial charge in [0.1, 0.15) is 5.69 Å². The predicted molar refractivity (Wildman–Crippen MR) is 353 cm³/mol. The Kier molecular flexibility index (Phi) is 17.7. The van der Waals surface area contributed by atoms with Gasteiger partial charge in [0.15, 0.2) is 0 Å². The number of nitrogens with zero attached hydrogens (tertiary/aromatic N) is 6. The molecule has 0 spiro atoms. The second-order valence-electron chi connectivity index (χ2n) is 27.4. The molecule has 7 aliphatic rings. The number of nitrogens with two attached hydrogens (primary N) is 1. The number of carboxylic acid groups (broad SMARTS) is 1. The molecule has 17 heteroatoms. The molecule has 5 unspecified atom stereocenters. The Morgan fingerprint density at radius 2 is 1.08 bits per heavy atom. The Balaban J connectivity index is 0.000000133. The Hall–Kier alpha value is -8.83. The predicted octanol–water partition coefficient (Wildman–Crippen LogP) is 16.7. The average molecular weight is 1230 g/mol. The number of halogens is 2. The van der Waals surface area contributed by atoms with Gasteiger partial charge < -0.3 is 16.2 Å². The van der Waals surface area contributed by atoms with E-state index in [1.165, 1.54) is 92.5 Å². The van der Waals surface area contributed by atoms with Crippen molar-refractivity contribution in [3.05, 3.63) is 244 Å². The number of amides is 1. The second kappa shape index (κ2) is 24.8. The van der Waals surface area contributed by atoms with Crippen molar-refractivity contribution in [2.75, 3.05) is 0 Å². The molecule has 6 aromatic carbocycles. The number of aliphatic carboxylic acids is 1. The zero-order chi connectivity index (χ0) is 65.6. The molecule has 0 saturated heterocycles. The van der Waals surface area contributed by atoms with Crippen molar-refractivity contribution in [3.63, 3.8) is 0 Å². The first-order valence-electron chi connectivity index (χ1n) is 31.3. The third-order valence-electron chi connectivity index (χ3n) is 21.1. The minimum absolute atomic E-state index is 0.0458. The first kappa shape index (κ1) is 65.1. The van der Waals surface area contributed by atoms with Crippen LogP contribution in [0.2, 0.25) is 0 Å². The number of fused-ring (bicyclic) bond motifs is 15. The molecular formula is C74H82F2N8O7. The second-order valence-corrected chi connectivity index (χ2v) is 27.4. The summed E-state index contributed by atoms with van der Waals surface area (Å²) in [7, 11) is 1.54. The lowest BCUT2D eigenvalue weighted by Crippen LogP contribution is -2.51. The van der Waals surface area contributed by atoms with Crippen LogP contribution in [0.15, 0.2) is 167 Å². The molecule has 14 rings (SSSR count). The number of allylic oxidation sites excluding steroid dienone is 1. The van der Waals surface area contributed by atoms with Gasteiger partial charge in [-0.15, -0.1) is 0 Å². The Morgan fingerprint density at radius 1 is 0.626 bits per heavy atom. The number of aromatic nitrogens is 2. The van der Waals surface area contributed by atoms with E-state index in [-0.39, 0.29) is 59.6 Å².